The molecule has 1 heterocycles. The lowest BCUT2D eigenvalue weighted by atomic mass is 10.2. The van der Waals surface area contributed by atoms with Crippen LogP contribution < -0.4 is 11.2 Å². The molecule has 2 rings (SSSR count). The fourth-order valence-corrected chi connectivity index (χ4v) is 1.72. The third-order valence-corrected chi connectivity index (χ3v) is 2.88. The van der Waals surface area contributed by atoms with Crippen molar-refractivity contribution in [2.75, 3.05) is 0 Å². The Balaban J connectivity index is 2.67. The number of hydrogen-bond acceptors (Lipinski definition) is 3. The number of carbonyl (C=O) groups is 1. The maximum atomic E-state index is 12.8. The van der Waals surface area contributed by atoms with Crippen molar-refractivity contribution >= 4 is 5.97 Å². The van der Waals surface area contributed by atoms with Crippen molar-refractivity contribution in [1.29, 1.82) is 0 Å². The Labute approximate surface area is 96.7 Å². The molecule has 2 N–H and O–H groups in total. The van der Waals surface area contributed by atoms with Gasteiger partial charge >= 0.3 is 17.8 Å². The van der Waals surface area contributed by atoms with Gasteiger partial charge in [0.05, 0.1) is 0 Å². The second-order valence-electron chi connectivity index (χ2n) is 4.01. The Kier molecular flexibility index (Phi) is 2.39. The molecule has 1 saturated carbocycles. The van der Waals surface area contributed by atoms with Gasteiger partial charge in [-0.2, -0.15) is 13.2 Å². The highest BCUT2D eigenvalue weighted by molar-refractivity contribution is 5.86. The quantitative estimate of drug-likeness (QED) is 0.802. The van der Waals surface area contributed by atoms with E-state index in [1.165, 1.54) is 0 Å². The molecule has 1 aromatic rings. The van der Waals surface area contributed by atoms with E-state index in [9.17, 15) is 27.6 Å². The Morgan fingerprint density at radius 2 is 1.94 bits per heavy atom. The number of halogens is 3. The Hall–Kier alpha value is -2.06. The minimum absolute atomic E-state index is 0.248. The first-order valence-corrected chi connectivity index (χ1v) is 4.85. The van der Waals surface area contributed by atoms with Crippen molar-refractivity contribution in [2.24, 2.45) is 0 Å². The Morgan fingerprint density at radius 3 is 2.33 bits per heavy atom. The van der Waals surface area contributed by atoms with Crippen LogP contribution in [0.15, 0.2) is 15.8 Å². The first kappa shape index (κ1) is 12.4. The van der Waals surface area contributed by atoms with Crippen LogP contribution in [0.3, 0.4) is 0 Å². The monoisotopic (exact) mass is 264 g/mol. The zero-order chi connectivity index (χ0) is 13.7. The molecule has 9 heteroatoms. The summed E-state index contributed by atoms with van der Waals surface area (Å²) in [6.45, 7) is 0. The van der Waals surface area contributed by atoms with Gasteiger partial charge in [-0.05, 0) is 12.8 Å². The van der Waals surface area contributed by atoms with Crippen LogP contribution in [0.1, 0.15) is 23.2 Å². The van der Waals surface area contributed by atoms with E-state index in [0.717, 1.165) is 0 Å². The second-order valence-corrected chi connectivity index (χ2v) is 4.01. The third-order valence-electron chi connectivity index (χ3n) is 2.88. The number of aromatic nitrogens is 2. The number of hydrogen-bond donors (Lipinski definition) is 2. The average molecular weight is 264 g/mol. The van der Waals surface area contributed by atoms with E-state index in [-0.39, 0.29) is 17.4 Å². The lowest BCUT2D eigenvalue weighted by Gasteiger charge is -2.21. The predicted molar refractivity (Wildman–Crippen MR) is 51.5 cm³/mol. The summed E-state index contributed by atoms with van der Waals surface area (Å²) in [5, 5.41) is 8.65. The van der Waals surface area contributed by atoms with E-state index in [1.807, 2.05) is 0 Å². The first-order chi connectivity index (χ1) is 8.19. The van der Waals surface area contributed by atoms with Crippen molar-refractivity contribution < 1.29 is 23.1 Å². The third kappa shape index (κ3) is 1.62. The number of rotatable bonds is 2. The molecular formula is C9H7F3N2O4. The van der Waals surface area contributed by atoms with Crippen molar-refractivity contribution in [1.82, 2.24) is 9.55 Å². The van der Waals surface area contributed by atoms with Crippen molar-refractivity contribution in [3.8, 4) is 0 Å². The largest absolute Gasteiger partial charge is 0.477 e. The molecule has 1 fully saturated rings. The summed E-state index contributed by atoms with van der Waals surface area (Å²) in [4.78, 5) is 34.7. The Bertz CT molecular complexity index is 624. The van der Waals surface area contributed by atoms with Gasteiger partial charge < -0.3 is 5.11 Å². The number of carboxylic acids is 1. The van der Waals surface area contributed by atoms with Gasteiger partial charge in [-0.1, -0.05) is 0 Å². The minimum atomic E-state index is -4.68. The van der Waals surface area contributed by atoms with E-state index in [0.29, 0.717) is 6.20 Å². The molecule has 0 amide bonds. The van der Waals surface area contributed by atoms with Crippen molar-refractivity contribution in [3.05, 3.63) is 32.6 Å². The molecule has 0 radical (unpaired) electrons. The molecule has 0 bridgehead atoms. The molecule has 18 heavy (non-hydrogen) atoms. The van der Waals surface area contributed by atoms with Gasteiger partial charge in [-0.15, -0.1) is 0 Å². The molecule has 0 atom stereocenters. The first-order valence-electron chi connectivity index (χ1n) is 4.85. The average Bonchev–Trinajstić information content (AvgIpc) is 2.96. The zero-order valence-electron chi connectivity index (χ0n) is 8.74. The highest BCUT2D eigenvalue weighted by Gasteiger charge is 2.65. The summed E-state index contributed by atoms with van der Waals surface area (Å²) in [5.74, 6) is -1.69. The van der Waals surface area contributed by atoms with Gasteiger partial charge in [0, 0.05) is 6.20 Å². The SMILES string of the molecule is O=C(O)c1cn(C2(C(F)(F)F)CC2)c(=O)[nH]c1=O. The minimum Gasteiger partial charge on any atom is -0.477 e. The summed E-state index contributed by atoms with van der Waals surface area (Å²) in [6, 6.07) is 0. The molecule has 0 aliphatic heterocycles. The van der Waals surface area contributed by atoms with E-state index < -0.39 is 34.5 Å². The summed E-state index contributed by atoms with van der Waals surface area (Å²) in [5.41, 5.74) is -5.77. The van der Waals surface area contributed by atoms with Gasteiger partial charge in [0.1, 0.15) is 11.1 Å². The smallest absolute Gasteiger partial charge is 0.412 e. The van der Waals surface area contributed by atoms with Crippen LogP contribution in [-0.4, -0.2) is 26.8 Å². The lowest BCUT2D eigenvalue weighted by molar-refractivity contribution is -0.181. The van der Waals surface area contributed by atoms with Crippen LogP contribution in [0.5, 0.6) is 0 Å². The second kappa shape index (κ2) is 3.47. The van der Waals surface area contributed by atoms with Gasteiger partial charge in [0.15, 0.2) is 0 Å². The van der Waals surface area contributed by atoms with Crippen LogP contribution in [0.4, 0.5) is 13.2 Å². The fraction of sp³-hybridized carbons (Fsp3) is 0.444. The van der Waals surface area contributed by atoms with Gasteiger partial charge in [0.25, 0.3) is 5.56 Å². The van der Waals surface area contributed by atoms with Crippen LogP contribution in [-0.2, 0) is 5.54 Å². The van der Waals surface area contributed by atoms with Crippen LogP contribution in [0, 0.1) is 0 Å². The molecule has 0 aromatic carbocycles. The molecule has 98 valence electrons. The molecule has 0 unspecified atom stereocenters. The summed E-state index contributed by atoms with van der Waals surface area (Å²) < 4.78 is 38.6. The number of nitrogens with one attached hydrogen (secondary N) is 1. The van der Waals surface area contributed by atoms with Crippen LogP contribution in [0.25, 0.3) is 0 Å². The highest BCUT2D eigenvalue weighted by atomic mass is 19.4. The van der Waals surface area contributed by atoms with E-state index in [2.05, 4.69) is 0 Å². The number of carboxylic acid groups (broad SMARTS) is 1. The topological polar surface area (TPSA) is 92.2 Å². The lowest BCUT2D eigenvalue weighted by Crippen LogP contribution is -2.45. The van der Waals surface area contributed by atoms with Crippen molar-refractivity contribution in [2.45, 2.75) is 24.6 Å². The van der Waals surface area contributed by atoms with Gasteiger partial charge in [-0.25, -0.2) is 9.59 Å². The summed E-state index contributed by atoms with van der Waals surface area (Å²) in [7, 11) is 0. The van der Waals surface area contributed by atoms with E-state index >= 15 is 0 Å². The van der Waals surface area contributed by atoms with E-state index in [4.69, 9.17) is 5.11 Å². The molecule has 1 aliphatic rings. The van der Waals surface area contributed by atoms with Crippen LogP contribution >= 0.6 is 0 Å². The summed E-state index contributed by atoms with van der Waals surface area (Å²) >= 11 is 0. The van der Waals surface area contributed by atoms with Gasteiger partial charge in [0.2, 0.25) is 0 Å². The number of nitrogens with zero attached hydrogens (tertiary/aromatic N) is 1. The number of H-pyrrole nitrogens is 1. The maximum Gasteiger partial charge on any atom is 0.412 e. The van der Waals surface area contributed by atoms with Crippen LogP contribution in [0.2, 0.25) is 0 Å². The molecular weight excluding hydrogens is 257 g/mol. The van der Waals surface area contributed by atoms with E-state index in [1.54, 1.807) is 4.98 Å². The number of aromatic carboxylic acids is 1. The van der Waals surface area contributed by atoms with Crippen molar-refractivity contribution in [3.63, 3.8) is 0 Å². The maximum absolute atomic E-state index is 12.8. The normalized spacial score (nSPS) is 17.5. The molecule has 0 saturated heterocycles. The Morgan fingerprint density at radius 1 is 1.39 bits per heavy atom. The molecule has 1 aromatic heterocycles. The van der Waals surface area contributed by atoms with Gasteiger partial charge in [-0.3, -0.25) is 14.3 Å². The number of aromatic amines is 1. The molecule has 1 aliphatic carbocycles. The molecule has 0 spiro atoms. The number of alkyl halides is 3. The summed E-state index contributed by atoms with van der Waals surface area (Å²) in [6.07, 6.45) is -4.86. The highest BCUT2D eigenvalue weighted by Crippen LogP contribution is 2.54. The predicted octanol–water partition coefficient (Wildman–Crippen LogP) is 0.286. The fourth-order valence-electron chi connectivity index (χ4n) is 1.72. The molecule has 6 nitrogen and oxygen atoms in total. The standard InChI is InChI=1S/C9H7F3N2O4/c10-9(11,12)8(1-2-8)14-3-4(6(16)17)5(15)13-7(14)18/h3H,1-2H2,(H,16,17)(H,13,15,18). The zero-order valence-corrected chi connectivity index (χ0v) is 8.74.